The number of carbonyl (C=O) groups is 2. The number of nitriles is 1. The Kier molecular flexibility index (Phi) is 5.95. The summed E-state index contributed by atoms with van der Waals surface area (Å²) >= 11 is 0. The van der Waals surface area contributed by atoms with Gasteiger partial charge in [-0.15, -0.1) is 0 Å². The number of nitrogens with two attached hydrogens (primary N) is 1. The van der Waals surface area contributed by atoms with E-state index < -0.39 is 35.8 Å². The fourth-order valence-electron chi connectivity index (χ4n) is 4.60. The molecule has 11 heteroatoms. The van der Waals surface area contributed by atoms with Crippen molar-refractivity contribution in [2.45, 2.75) is 31.8 Å². The highest BCUT2D eigenvalue weighted by Crippen LogP contribution is 2.42. The summed E-state index contributed by atoms with van der Waals surface area (Å²) in [5, 5.41) is 27.2. The average molecular weight is 456 g/mol. The number of likely N-dealkylation sites (tertiary alicyclic amines) is 1. The van der Waals surface area contributed by atoms with Crippen LogP contribution in [0.2, 0.25) is 0 Å². The lowest BCUT2D eigenvalue weighted by atomic mass is 9.75. The van der Waals surface area contributed by atoms with Crippen molar-refractivity contribution in [1.29, 1.82) is 5.26 Å². The molecule has 1 aromatic carbocycles. The van der Waals surface area contributed by atoms with Gasteiger partial charge in [0.25, 0.3) is 5.91 Å². The molecule has 0 bridgehead atoms. The Morgan fingerprint density at radius 2 is 2.09 bits per heavy atom. The Balaban J connectivity index is 1.73. The summed E-state index contributed by atoms with van der Waals surface area (Å²) in [6, 6.07) is 6.62. The van der Waals surface area contributed by atoms with E-state index in [1.807, 2.05) is 6.92 Å². The third-order valence-electron chi connectivity index (χ3n) is 6.31. The molecule has 10 nitrogen and oxygen atoms in total. The Morgan fingerprint density at radius 1 is 1.39 bits per heavy atom. The molecule has 2 amide bonds. The van der Waals surface area contributed by atoms with Crippen LogP contribution in [0.3, 0.4) is 0 Å². The molecular weight excluding hydrogens is 431 g/mol. The van der Waals surface area contributed by atoms with E-state index in [1.165, 1.54) is 40.0 Å². The van der Waals surface area contributed by atoms with Crippen LogP contribution in [0.5, 0.6) is 0 Å². The van der Waals surface area contributed by atoms with Gasteiger partial charge in [0.05, 0.1) is 37.3 Å². The van der Waals surface area contributed by atoms with Gasteiger partial charge in [0, 0.05) is 23.8 Å². The van der Waals surface area contributed by atoms with Crippen LogP contribution in [0.15, 0.2) is 30.5 Å². The third-order valence-corrected chi connectivity index (χ3v) is 6.31. The topological polar surface area (TPSA) is 146 Å². The molecule has 2 aromatic rings. The van der Waals surface area contributed by atoms with Crippen molar-refractivity contribution in [3.05, 3.63) is 41.8 Å². The zero-order valence-electron chi connectivity index (χ0n) is 18.1. The zero-order chi connectivity index (χ0) is 23.8. The number of ether oxygens (including phenoxy) is 1. The SMILES string of the molecule is CC1(CC2C(n3cc(C(N)=O)c(Nc4ccc(F)cc4)n3)C(C#N)CCN2C(=O)O)COC1. The molecule has 2 fully saturated rings. The largest absolute Gasteiger partial charge is 0.465 e. The Hall–Kier alpha value is -3.65. The van der Waals surface area contributed by atoms with Crippen molar-refractivity contribution in [3.63, 3.8) is 0 Å². The van der Waals surface area contributed by atoms with Crippen molar-refractivity contribution < 1.29 is 23.8 Å². The third kappa shape index (κ3) is 4.47. The Bertz CT molecular complexity index is 1090. The number of halogens is 1. The van der Waals surface area contributed by atoms with E-state index in [0.29, 0.717) is 31.7 Å². The van der Waals surface area contributed by atoms with Crippen molar-refractivity contribution in [2.24, 2.45) is 17.1 Å². The number of amides is 2. The van der Waals surface area contributed by atoms with Crippen molar-refractivity contribution in [2.75, 3.05) is 25.1 Å². The summed E-state index contributed by atoms with van der Waals surface area (Å²) < 4.78 is 20.1. The lowest BCUT2D eigenvalue weighted by Gasteiger charge is -2.48. The van der Waals surface area contributed by atoms with Gasteiger partial charge in [-0.1, -0.05) is 6.92 Å². The minimum atomic E-state index is -1.07. The lowest BCUT2D eigenvalue weighted by molar-refractivity contribution is -0.121. The second kappa shape index (κ2) is 8.71. The zero-order valence-corrected chi connectivity index (χ0v) is 18.1. The van der Waals surface area contributed by atoms with E-state index in [4.69, 9.17) is 10.5 Å². The highest BCUT2D eigenvalue weighted by Gasteiger charge is 2.47. The van der Waals surface area contributed by atoms with Crippen molar-refractivity contribution in [3.8, 4) is 6.07 Å². The van der Waals surface area contributed by atoms with Gasteiger partial charge >= 0.3 is 6.09 Å². The number of hydrogen-bond acceptors (Lipinski definition) is 6. The minimum absolute atomic E-state index is 0.0837. The smallest absolute Gasteiger partial charge is 0.407 e. The van der Waals surface area contributed by atoms with E-state index in [1.54, 1.807) is 0 Å². The fraction of sp³-hybridized carbons (Fsp3) is 0.455. The standard InChI is InChI=1S/C22H25FN6O4/c1-22(11-33-12-22)8-17-18(13(9-24)6-7-28(17)21(31)32)29-10-16(19(25)30)20(27-29)26-15-4-2-14(23)3-5-15/h2-5,10,13,17-18H,6-8,11-12H2,1H3,(H2,25,30)(H,26,27)(H,31,32). The Morgan fingerprint density at radius 3 is 2.64 bits per heavy atom. The van der Waals surface area contributed by atoms with Gasteiger partial charge in [-0.05, 0) is 37.1 Å². The second-order valence-corrected chi connectivity index (χ2v) is 8.93. The van der Waals surface area contributed by atoms with Crippen LogP contribution < -0.4 is 11.1 Å². The molecule has 4 rings (SSSR count). The molecule has 3 atom stereocenters. The Labute approximate surface area is 189 Å². The number of nitrogens with zero attached hydrogens (tertiary/aromatic N) is 4. The first-order chi connectivity index (χ1) is 15.7. The summed E-state index contributed by atoms with van der Waals surface area (Å²) in [6.45, 7) is 3.26. The van der Waals surface area contributed by atoms with Crippen LogP contribution in [-0.2, 0) is 4.74 Å². The van der Waals surface area contributed by atoms with Crippen molar-refractivity contribution >= 4 is 23.5 Å². The van der Waals surface area contributed by atoms with Gasteiger partial charge < -0.3 is 25.8 Å². The number of rotatable bonds is 6. The van der Waals surface area contributed by atoms with Gasteiger partial charge in [-0.2, -0.15) is 10.4 Å². The summed E-state index contributed by atoms with van der Waals surface area (Å²) in [6.07, 6.45) is 1.19. The molecule has 4 N–H and O–H groups in total. The molecule has 33 heavy (non-hydrogen) atoms. The number of hydrogen-bond donors (Lipinski definition) is 3. The van der Waals surface area contributed by atoms with Gasteiger partial charge in [0.2, 0.25) is 0 Å². The quantitative estimate of drug-likeness (QED) is 0.605. The molecule has 3 unspecified atom stereocenters. The molecule has 1 aromatic heterocycles. The summed E-state index contributed by atoms with van der Waals surface area (Å²) in [5.74, 6) is -1.52. The van der Waals surface area contributed by atoms with E-state index in [2.05, 4.69) is 16.5 Å². The first-order valence-electron chi connectivity index (χ1n) is 10.6. The molecule has 0 spiro atoms. The second-order valence-electron chi connectivity index (χ2n) is 8.93. The maximum atomic E-state index is 13.3. The number of anilines is 2. The number of aromatic nitrogens is 2. The normalized spacial score (nSPS) is 23.9. The molecular formula is C22H25FN6O4. The average Bonchev–Trinajstić information content (AvgIpc) is 3.17. The summed E-state index contributed by atoms with van der Waals surface area (Å²) in [4.78, 5) is 25.5. The first kappa shape index (κ1) is 22.5. The first-order valence-corrected chi connectivity index (χ1v) is 10.6. The summed E-state index contributed by atoms with van der Waals surface area (Å²) in [7, 11) is 0. The van der Waals surface area contributed by atoms with E-state index in [9.17, 15) is 24.3 Å². The maximum Gasteiger partial charge on any atom is 0.407 e. The number of nitrogens with one attached hydrogen (secondary N) is 1. The van der Waals surface area contributed by atoms with Crippen LogP contribution in [0.4, 0.5) is 20.7 Å². The monoisotopic (exact) mass is 456 g/mol. The van der Waals surface area contributed by atoms with Gasteiger partial charge in [-0.3, -0.25) is 9.48 Å². The van der Waals surface area contributed by atoms with E-state index >= 15 is 0 Å². The van der Waals surface area contributed by atoms with Crippen LogP contribution in [0, 0.1) is 28.5 Å². The molecule has 2 saturated heterocycles. The van der Waals surface area contributed by atoms with E-state index in [0.717, 1.165) is 0 Å². The molecule has 0 radical (unpaired) electrons. The number of piperidine rings is 1. The molecule has 2 aliphatic rings. The highest BCUT2D eigenvalue weighted by atomic mass is 19.1. The van der Waals surface area contributed by atoms with Crippen LogP contribution in [0.1, 0.15) is 36.2 Å². The van der Waals surface area contributed by atoms with Crippen LogP contribution in [-0.4, -0.2) is 57.6 Å². The maximum absolute atomic E-state index is 13.3. The lowest BCUT2D eigenvalue weighted by Crippen LogP contribution is -2.55. The van der Waals surface area contributed by atoms with Gasteiger partial charge in [0.1, 0.15) is 11.4 Å². The number of carbonyl (C=O) groups excluding carboxylic acids is 1. The molecule has 2 aliphatic heterocycles. The molecule has 3 heterocycles. The van der Waals surface area contributed by atoms with Gasteiger partial charge in [0.15, 0.2) is 5.82 Å². The van der Waals surface area contributed by atoms with Crippen LogP contribution in [0.25, 0.3) is 0 Å². The minimum Gasteiger partial charge on any atom is -0.465 e. The highest BCUT2D eigenvalue weighted by molar-refractivity contribution is 5.98. The van der Waals surface area contributed by atoms with Crippen molar-refractivity contribution in [1.82, 2.24) is 14.7 Å². The van der Waals surface area contributed by atoms with Gasteiger partial charge in [-0.25, -0.2) is 9.18 Å². The summed E-state index contributed by atoms with van der Waals surface area (Å²) in [5.41, 5.74) is 5.92. The van der Waals surface area contributed by atoms with E-state index in [-0.39, 0.29) is 23.3 Å². The predicted molar refractivity (Wildman–Crippen MR) is 115 cm³/mol. The molecule has 0 aliphatic carbocycles. The number of primary amides is 1. The van der Waals surface area contributed by atoms with Crippen LogP contribution >= 0.6 is 0 Å². The predicted octanol–water partition coefficient (Wildman–Crippen LogP) is 2.72. The number of carboxylic acid groups (broad SMARTS) is 1. The molecule has 0 saturated carbocycles. The number of benzene rings is 1. The molecule has 174 valence electrons. The fourth-order valence-corrected chi connectivity index (χ4v) is 4.60.